The monoisotopic (exact) mass is 433 g/mol. The third kappa shape index (κ3) is 3.94. The van der Waals surface area contributed by atoms with Gasteiger partial charge in [0, 0.05) is 24.4 Å². The highest BCUT2D eigenvalue weighted by Gasteiger charge is 2.18. The van der Waals surface area contributed by atoms with Gasteiger partial charge < -0.3 is 14.2 Å². The van der Waals surface area contributed by atoms with Crippen LogP contribution in [-0.2, 0) is 11.2 Å². The van der Waals surface area contributed by atoms with Crippen LogP contribution < -0.4 is 15.0 Å². The molecule has 1 N–H and O–H groups in total. The molecule has 4 rings (SSSR count). The fourth-order valence-corrected chi connectivity index (χ4v) is 3.58. The number of rotatable bonds is 7. The molecule has 8 nitrogen and oxygen atoms in total. The second kappa shape index (κ2) is 8.97. The first-order valence-corrected chi connectivity index (χ1v) is 10.1. The summed E-state index contributed by atoms with van der Waals surface area (Å²) in [4.78, 5) is 29.0. The van der Waals surface area contributed by atoms with Crippen LogP contribution in [0.3, 0.4) is 0 Å². The molecule has 2 aromatic heterocycles. The van der Waals surface area contributed by atoms with E-state index in [1.807, 2.05) is 42.5 Å². The number of benzene rings is 2. The Balaban J connectivity index is 1.70. The number of nitrogens with one attached hydrogen (secondary N) is 1. The molecule has 0 aliphatic rings. The topological polar surface area (TPSA) is 94.9 Å². The Morgan fingerprint density at radius 1 is 1.12 bits per heavy atom. The van der Waals surface area contributed by atoms with Gasteiger partial charge in [0.05, 0.1) is 20.8 Å². The van der Waals surface area contributed by atoms with Crippen LogP contribution in [-0.4, -0.2) is 41.4 Å². The van der Waals surface area contributed by atoms with Gasteiger partial charge in [-0.15, -0.1) is 0 Å². The van der Waals surface area contributed by atoms with Gasteiger partial charge in [-0.25, -0.2) is 14.3 Å². The number of carbonyl (C=O) groups is 1. The number of hydrogen-bond donors (Lipinski definition) is 1. The maximum Gasteiger partial charge on any atom is 0.345 e. The summed E-state index contributed by atoms with van der Waals surface area (Å²) in [6.45, 7) is 1.86. The van der Waals surface area contributed by atoms with Gasteiger partial charge in [-0.2, -0.15) is 0 Å². The first kappa shape index (κ1) is 21.2. The SMILES string of the molecule is CCOC(=O)c1cnc2c(-c3ccc(Cc4cccc(OC)c4)c(OC)c3)c[nH]n2c1=O. The summed E-state index contributed by atoms with van der Waals surface area (Å²) in [5.74, 6) is 0.824. The van der Waals surface area contributed by atoms with Gasteiger partial charge in [0.2, 0.25) is 0 Å². The molecule has 0 saturated carbocycles. The van der Waals surface area contributed by atoms with E-state index in [1.165, 1.54) is 10.7 Å². The normalized spacial score (nSPS) is 10.8. The molecule has 0 amide bonds. The molecule has 0 spiro atoms. The van der Waals surface area contributed by atoms with Crippen molar-refractivity contribution in [2.45, 2.75) is 13.3 Å². The standard InChI is InChI=1S/C24H23N3O5/c1-4-32-24(29)20-13-25-22-19(14-26-27(22)23(20)28)16-8-9-17(21(12-16)31-3)10-15-6-5-7-18(11-15)30-2/h5-9,11-14,26H,4,10H2,1-3H3. The van der Waals surface area contributed by atoms with E-state index in [1.54, 1.807) is 27.3 Å². The van der Waals surface area contributed by atoms with Gasteiger partial charge >= 0.3 is 5.97 Å². The summed E-state index contributed by atoms with van der Waals surface area (Å²) in [5, 5.41) is 2.88. The molecule has 0 aliphatic carbocycles. The van der Waals surface area contributed by atoms with Crippen LogP contribution in [0.2, 0.25) is 0 Å². The lowest BCUT2D eigenvalue weighted by Crippen LogP contribution is -2.24. The van der Waals surface area contributed by atoms with Crippen LogP contribution in [0.25, 0.3) is 16.8 Å². The Hall–Kier alpha value is -4.07. The van der Waals surface area contributed by atoms with Crippen molar-refractivity contribution in [1.82, 2.24) is 14.6 Å². The number of aromatic nitrogens is 3. The van der Waals surface area contributed by atoms with E-state index in [-0.39, 0.29) is 12.2 Å². The van der Waals surface area contributed by atoms with E-state index in [0.29, 0.717) is 17.6 Å². The predicted octanol–water partition coefficient (Wildman–Crippen LogP) is 3.47. The third-order valence-corrected chi connectivity index (χ3v) is 5.16. The van der Waals surface area contributed by atoms with Crippen LogP contribution >= 0.6 is 0 Å². The van der Waals surface area contributed by atoms with Crippen molar-refractivity contribution < 1.29 is 19.0 Å². The zero-order valence-electron chi connectivity index (χ0n) is 18.0. The van der Waals surface area contributed by atoms with E-state index in [2.05, 4.69) is 10.1 Å². The Morgan fingerprint density at radius 3 is 2.72 bits per heavy atom. The molecule has 0 saturated heterocycles. The molecular weight excluding hydrogens is 410 g/mol. The number of aromatic amines is 1. The summed E-state index contributed by atoms with van der Waals surface area (Å²) in [7, 11) is 3.27. The smallest absolute Gasteiger partial charge is 0.345 e. The number of nitrogens with zero attached hydrogens (tertiary/aromatic N) is 2. The Morgan fingerprint density at radius 2 is 1.97 bits per heavy atom. The van der Waals surface area contributed by atoms with Crippen molar-refractivity contribution in [1.29, 1.82) is 0 Å². The van der Waals surface area contributed by atoms with Crippen molar-refractivity contribution in [2.75, 3.05) is 20.8 Å². The van der Waals surface area contributed by atoms with E-state index in [4.69, 9.17) is 14.2 Å². The zero-order chi connectivity index (χ0) is 22.7. The zero-order valence-corrected chi connectivity index (χ0v) is 18.0. The number of carbonyl (C=O) groups excluding carboxylic acids is 1. The Bertz CT molecular complexity index is 1340. The van der Waals surface area contributed by atoms with Crippen molar-refractivity contribution in [3.05, 3.63) is 81.9 Å². The molecule has 0 radical (unpaired) electrons. The summed E-state index contributed by atoms with van der Waals surface area (Å²) >= 11 is 0. The quantitative estimate of drug-likeness (QED) is 0.449. The first-order valence-electron chi connectivity index (χ1n) is 10.1. The lowest BCUT2D eigenvalue weighted by Gasteiger charge is -2.11. The van der Waals surface area contributed by atoms with E-state index in [9.17, 15) is 9.59 Å². The number of fused-ring (bicyclic) bond motifs is 1. The van der Waals surface area contributed by atoms with E-state index < -0.39 is 11.5 Å². The predicted molar refractivity (Wildman–Crippen MR) is 120 cm³/mol. The largest absolute Gasteiger partial charge is 0.497 e. The molecule has 0 bridgehead atoms. The van der Waals surface area contributed by atoms with Crippen molar-refractivity contribution in [3.8, 4) is 22.6 Å². The molecular formula is C24H23N3O5. The van der Waals surface area contributed by atoms with Crippen LogP contribution in [0.5, 0.6) is 11.5 Å². The highest BCUT2D eigenvalue weighted by atomic mass is 16.5. The summed E-state index contributed by atoms with van der Waals surface area (Å²) in [6, 6.07) is 13.7. The van der Waals surface area contributed by atoms with E-state index >= 15 is 0 Å². The molecule has 0 unspecified atom stereocenters. The molecule has 0 fully saturated rings. The van der Waals surface area contributed by atoms with Crippen molar-refractivity contribution in [3.63, 3.8) is 0 Å². The minimum absolute atomic E-state index is 0.121. The van der Waals surface area contributed by atoms with Gasteiger partial charge in [0.1, 0.15) is 17.1 Å². The molecule has 32 heavy (non-hydrogen) atoms. The summed E-state index contributed by atoms with van der Waals surface area (Å²) in [6.07, 6.45) is 3.60. The van der Waals surface area contributed by atoms with Crippen LogP contribution in [0.4, 0.5) is 0 Å². The lowest BCUT2D eigenvalue weighted by molar-refractivity contribution is 0.0523. The average molecular weight is 433 g/mol. The maximum absolute atomic E-state index is 12.7. The van der Waals surface area contributed by atoms with Crippen LogP contribution in [0.1, 0.15) is 28.4 Å². The minimum atomic E-state index is -0.695. The molecule has 164 valence electrons. The van der Waals surface area contributed by atoms with Gasteiger partial charge in [-0.05, 0) is 41.8 Å². The number of H-pyrrole nitrogens is 1. The third-order valence-electron chi connectivity index (χ3n) is 5.16. The number of hydrogen-bond acceptors (Lipinski definition) is 6. The minimum Gasteiger partial charge on any atom is -0.497 e. The van der Waals surface area contributed by atoms with Gasteiger partial charge in [0.15, 0.2) is 5.65 Å². The summed E-state index contributed by atoms with van der Waals surface area (Å²) < 4.78 is 17.1. The average Bonchev–Trinajstić information content (AvgIpc) is 3.25. The second-order valence-corrected chi connectivity index (χ2v) is 7.10. The van der Waals surface area contributed by atoms with E-state index in [0.717, 1.165) is 28.2 Å². The van der Waals surface area contributed by atoms with Crippen molar-refractivity contribution in [2.24, 2.45) is 0 Å². The Kier molecular flexibility index (Phi) is 5.93. The molecule has 2 heterocycles. The van der Waals surface area contributed by atoms with Gasteiger partial charge in [0.25, 0.3) is 5.56 Å². The number of esters is 1. The highest BCUT2D eigenvalue weighted by molar-refractivity contribution is 5.89. The molecule has 2 aromatic carbocycles. The van der Waals surface area contributed by atoms with Crippen LogP contribution in [0.15, 0.2) is 59.7 Å². The van der Waals surface area contributed by atoms with Gasteiger partial charge in [-0.1, -0.05) is 24.3 Å². The number of methoxy groups -OCH3 is 2. The molecule has 0 atom stereocenters. The summed E-state index contributed by atoms with van der Waals surface area (Å²) in [5.41, 5.74) is 3.42. The fourth-order valence-electron chi connectivity index (χ4n) is 3.58. The Labute approximate surface area is 184 Å². The maximum atomic E-state index is 12.7. The second-order valence-electron chi connectivity index (χ2n) is 7.10. The fraction of sp³-hybridized carbons (Fsp3) is 0.208. The molecule has 8 heteroatoms. The van der Waals surface area contributed by atoms with Crippen molar-refractivity contribution >= 4 is 11.6 Å². The number of ether oxygens (including phenoxy) is 3. The lowest BCUT2D eigenvalue weighted by atomic mass is 10.00. The molecule has 0 aliphatic heterocycles. The molecule has 4 aromatic rings. The van der Waals surface area contributed by atoms with Crippen LogP contribution in [0, 0.1) is 0 Å². The first-order chi connectivity index (χ1) is 15.5. The highest BCUT2D eigenvalue weighted by Crippen LogP contribution is 2.30. The van der Waals surface area contributed by atoms with Gasteiger partial charge in [-0.3, -0.25) is 9.89 Å².